The highest BCUT2D eigenvalue weighted by molar-refractivity contribution is 5.96. The van der Waals surface area contributed by atoms with Gasteiger partial charge in [-0.2, -0.15) is 0 Å². The van der Waals surface area contributed by atoms with Gasteiger partial charge in [-0.25, -0.2) is 0 Å². The number of amides is 1. The lowest BCUT2D eigenvalue weighted by molar-refractivity contribution is 0.0942. The third-order valence-corrected chi connectivity index (χ3v) is 4.72. The first-order valence-electron chi connectivity index (χ1n) is 8.12. The number of carbonyl (C=O) groups excluding carboxylic acids is 1. The van der Waals surface area contributed by atoms with Gasteiger partial charge in [0.05, 0.1) is 11.4 Å². The van der Waals surface area contributed by atoms with Crippen molar-refractivity contribution in [2.24, 2.45) is 11.8 Å². The zero-order chi connectivity index (χ0) is 14.7. The van der Waals surface area contributed by atoms with Crippen LogP contribution in [0.5, 0.6) is 0 Å². The Morgan fingerprint density at radius 3 is 2.62 bits per heavy atom. The predicted octanol–water partition coefficient (Wildman–Crippen LogP) is 3.08. The van der Waals surface area contributed by atoms with E-state index in [1.807, 2.05) is 18.2 Å². The molecule has 0 aromatic heterocycles. The van der Waals surface area contributed by atoms with Crippen molar-refractivity contribution in [1.29, 1.82) is 0 Å². The monoisotopic (exact) mass is 287 g/mol. The summed E-state index contributed by atoms with van der Waals surface area (Å²) in [5.41, 5.74) is 2.86. The Morgan fingerprint density at radius 1 is 1.14 bits per heavy atom. The molecule has 0 spiro atoms. The van der Waals surface area contributed by atoms with Gasteiger partial charge >= 0.3 is 0 Å². The molecule has 21 heavy (non-hydrogen) atoms. The van der Waals surface area contributed by atoms with Gasteiger partial charge in [-0.3, -0.25) is 4.79 Å². The number of fused-ring (bicyclic) bond motifs is 1. The molecule has 1 heterocycles. The Kier molecular flexibility index (Phi) is 4.32. The van der Waals surface area contributed by atoms with Gasteiger partial charge in [0.25, 0.3) is 5.91 Å². The number of benzene rings is 1. The zero-order valence-electron chi connectivity index (χ0n) is 12.7. The van der Waals surface area contributed by atoms with Crippen molar-refractivity contribution < 1.29 is 4.79 Å². The number of hydrogen-bond acceptors (Lipinski definition) is 3. The molecule has 0 saturated heterocycles. The minimum atomic E-state index is 0.0452. The summed E-state index contributed by atoms with van der Waals surface area (Å²) in [6.07, 6.45) is 5.10. The van der Waals surface area contributed by atoms with Crippen LogP contribution >= 0.6 is 0 Å². The molecule has 3 rings (SSSR count). The summed E-state index contributed by atoms with van der Waals surface area (Å²) in [4.78, 5) is 12.3. The molecular formula is C17H25N3O. The van der Waals surface area contributed by atoms with E-state index >= 15 is 0 Å². The number of nitrogens with one attached hydrogen (secondary N) is 3. The van der Waals surface area contributed by atoms with Gasteiger partial charge in [0.1, 0.15) is 0 Å². The zero-order valence-corrected chi connectivity index (χ0v) is 12.7. The average molecular weight is 287 g/mol. The fourth-order valence-corrected chi connectivity index (χ4v) is 3.25. The molecule has 1 aromatic rings. The molecule has 1 amide bonds. The van der Waals surface area contributed by atoms with Crippen molar-refractivity contribution in [3.05, 3.63) is 23.8 Å². The lowest BCUT2D eigenvalue weighted by atomic mass is 9.83. The second-order valence-electron chi connectivity index (χ2n) is 6.45. The van der Waals surface area contributed by atoms with Gasteiger partial charge in [0.2, 0.25) is 0 Å². The van der Waals surface area contributed by atoms with E-state index in [1.165, 1.54) is 25.7 Å². The Labute approximate surface area is 126 Å². The molecule has 0 radical (unpaired) electrons. The Bertz CT molecular complexity index is 507. The smallest absolute Gasteiger partial charge is 0.251 e. The Hall–Kier alpha value is -1.71. The summed E-state index contributed by atoms with van der Waals surface area (Å²) in [6, 6.07) is 5.83. The SMILES string of the molecule is CC1CCC(CNC(=O)c2ccc3c(c2)NCCN3)CC1. The van der Waals surface area contributed by atoms with E-state index in [2.05, 4.69) is 22.9 Å². The molecule has 1 fully saturated rings. The number of anilines is 2. The molecule has 1 aliphatic carbocycles. The quantitative estimate of drug-likeness (QED) is 0.801. The maximum atomic E-state index is 12.3. The van der Waals surface area contributed by atoms with Crippen molar-refractivity contribution in [2.75, 3.05) is 30.3 Å². The van der Waals surface area contributed by atoms with Crippen LogP contribution < -0.4 is 16.0 Å². The van der Waals surface area contributed by atoms with E-state index in [-0.39, 0.29) is 5.91 Å². The molecule has 0 unspecified atom stereocenters. The van der Waals surface area contributed by atoms with Crippen LogP contribution in [0.15, 0.2) is 18.2 Å². The number of carbonyl (C=O) groups is 1. The van der Waals surface area contributed by atoms with Crippen LogP contribution in [0.25, 0.3) is 0 Å². The second-order valence-corrected chi connectivity index (χ2v) is 6.45. The molecule has 0 bridgehead atoms. The van der Waals surface area contributed by atoms with E-state index in [4.69, 9.17) is 0 Å². The van der Waals surface area contributed by atoms with E-state index in [0.29, 0.717) is 5.92 Å². The maximum absolute atomic E-state index is 12.3. The maximum Gasteiger partial charge on any atom is 0.251 e. The van der Waals surface area contributed by atoms with Gasteiger partial charge in [-0.1, -0.05) is 19.8 Å². The van der Waals surface area contributed by atoms with Gasteiger partial charge in [-0.05, 0) is 42.9 Å². The summed E-state index contributed by atoms with van der Waals surface area (Å²) in [5.74, 6) is 1.56. The standard InChI is InChI=1S/C17H25N3O/c1-12-2-4-13(5-3-12)11-20-17(21)14-6-7-15-16(10-14)19-9-8-18-15/h6-7,10,12-13,18-19H,2-5,8-9,11H2,1H3,(H,20,21). The molecule has 1 aliphatic heterocycles. The first-order chi connectivity index (χ1) is 10.2. The fraction of sp³-hybridized carbons (Fsp3) is 0.588. The summed E-state index contributed by atoms with van der Waals surface area (Å²) in [5, 5.41) is 9.75. The van der Waals surface area contributed by atoms with Crippen molar-refractivity contribution in [2.45, 2.75) is 32.6 Å². The third-order valence-electron chi connectivity index (χ3n) is 4.72. The van der Waals surface area contributed by atoms with Crippen LogP contribution in [0, 0.1) is 11.8 Å². The highest BCUT2D eigenvalue weighted by Crippen LogP contribution is 2.28. The molecular weight excluding hydrogens is 262 g/mol. The minimum Gasteiger partial charge on any atom is -0.382 e. The summed E-state index contributed by atoms with van der Waals surface area (Å²) < 4.78 is 0. The number of rotatable bonds is 3. The van der Waals surface area contributed by atoms with Gasteiger partial charge < -0.3 is 16.0 Å². The summed E-state index contributed by atoms with van der Waals surface area (Å²) in [7, 11) is 0. The molecule has 114 valence electrons. The Morgan fingerprint density at radius 2 is 1.86 bits per heavy atom. The lowest BCUT2D eigenvalue weighted by Crippen LogP contribution is -2.31. The van der Waals surface area contributed by atoms with Crippen molar-refractivity contribution in [3.8, 4) is 0 Å². The molecule has 4 heteroatoms. The fourth-order valence-electron chi connectivity index (χ4n) is 3.25. The largest absolute Gasteiger partial charge is 0.382 e. The van der Waals surface area contributed by atoms with Gasteiger partial charge in [-0.15, -0.1) is 0 Å². The van der Waals surface area contributed by atoms with E-state index in [9.17, 15) is 4.79 Å². The minimum absolute atomic E-state index is 0.0452. The molecule has 4 nitrogen and oxygen atoms in total. The van der Waals surface area contributed by atoms with Crippen LogP contribution in [-0.4, -0.2) is 25.5 Å². The second kappa shape index (κ2) is 6.37. The summed E-state index contributed by atoms with van der Waals surface area (Å²) in [6.45, 7) is 4.97. The Balaban J connectivity index is 1.55. The molecule has 1 saturated carbocycles. The van der Waals surface area contributed by atoms with Crippen LogP contribution in [0.3, 0.4) is 0 Å². The van der Waals surface area contributed by atoms with Crippen molar-refractivity contribution >= 4 is 17.3 Å². The highest BCUT2D eigenvalue weighted by atomic mass is 16.1. The van der Waals surface area contributed by atoms with Crippen LogP contribution in [0.2, 0.25) is 0 Å². The first kappa shape index (κ1) is 14.2. The third kappa shape index (κ3) is 3.49. The number of hydrogen-bond donors (Lipinski definition) is 3. The van der Waals surface area contributed by atoms with Gasteiger partial charge in [0.15, 0.2) is 0 Å². The molecule has 1 aromatic carbocycles. The van der Waals surface area contributed by atoms with Crippen LogP contribution in [0.1, 0.15) is 43.0 Å². The predicted molar refractivity (Wildman–Crippen MR) is 86.9 cm³/mol. The van der Waals surface area contributed by atoms with Crippen molar-refractivity contribution in [1.82, 2.24) is 5.32 Å². The van der Waals surface area contributed by atoms with E-state index in [0.717, 1.165) is 42.5 Å². The van der Waals surface area contributed by atoms with Gasteiger partial charge in [0, 0.05) is 25.2 Å². The van der Waals surface area contributed by atoms with Crippen LogP contribution in [0.4, 0.5) is 11.4 Å². The average Bonchev–Trinajstić information content (AvgIpc) is 2.53. The molecule has 3 N–H and O–H groups in total. The van der Waals surface area contributed by atoms with E-state index in [1.54, 1.807) is 0 Å². The molecule has 0 atom stereocenters. The first-order valence-corrected chi connectivity index (χ1v) is 8.12. The highest BCUT2D eigenvalue weighted by Gasteiger charge is 2.19. The molecule has 2 aliphatic rings. The van der Waals surface area contributed by atoms with E-state index < -0.39 is 0 Å². The summed E-state index contributed by atoms with van der Waals surface area (Å²) >= 11 is 0. The van der Waals surface area contributed by atoms with Crippen molar-refractivity contribution in [3.63, 3.8) is 0 Å². The normalized spacial score (nSPS) is 24.4. The topological polar surface area (TPSA) is 53.2 Å². The van der Waals surface area contributed by atoms with Crippen LogP contribution in [-0.2, 0) is 0 Å². The lowest BCUT2D eigenvalue weighted by Gasteiger charge is -2.26.